The van der Waals surface area contributed by atoms with Gasteiger partial charge in [-0.2, -0.15) is 0 Å². The SMILES string of the molecule is CN=C(NCCCOc1c(C)cccc1C)N1CCN(Cc2ccon2)CC1.I. The second-order valence-corrected chi connectivity index (χ2v) is 7.15. The molecule has 1 fully saturated rings. The average molecular weight is 513 g/mol. The van der Waals surface area contributed by atoms with Gasteiger partial charge in [-0.3, -0.25) is 9.89 Å². The van der Waals surface area contributed by atoms with Gasteiger partial charge in [-0.1, -0.05) is 23.4 Å². The molecule has 7 nitrogen and oxygen atoms in total. The Morgan fingerprint density at radius 1 is 1.17 bits per heavy atom. The normalized spacial score (nSPS) is 15.1. The van der Waals surface area contributed by atoms with Gasteiger partial charge >= 0.3 is 0 Å². The summed E-state index contributed by atoms with van der Waals surface area (Å²) >= 11 is 0. The van der Waals surface area contributed by atoms with Crippen LogP contribution in [0.25, 0.3) is 0 Å². The van der Waals surface area contributed by atoms with E-state index in [0.717, 1.165) is 63.1 Å². The fourth-order valence-corrected chi connectivity index (χ4v) is 3.47. The van der Waals surface area contributed by atoms with Gasteiger partial charge < -0.3 is 19.5 Å². The van der Waals surface area contributed by atoms with Gasteiger partial charge in [0.15, 0.2) is 5.96 Å². The molecule has 1 aliphatic rings. The van der Waals surface area contributed by atoms with Crippen molar-refractivity contribution in [3.05, 3.63) is 47.3 Å². The molecule has 0 unspecified atom stereocenters. The summed E-state index contributed by atoms with van der Waals surface area (Å²) in [6.07, 6.45) is 2.56. The Hall–Kier alpha value is -1.81. The van der Waals surface area contributed by atoms with Crippen LogP contribution in [0.5, 0.6) is 5.75 Å². The molecular formula is C21H32IN5O2. The summed E-state index contributed by atoms with van der Waals surface area (Å²) in [7, 11) is 1.84. The molecule has 0 atom stereocenters. The minimum atomic E-state index is 0. The topological polar surface area (TPSA) is 66.1 Å². The standard InChI is InChI=1S/C21H31N5O2.HI/c1-17-6-4-7-18(2)20(17)27-14-5-9-23-21(22-3)26-12-10-25(11-13-26)16-19-8-15-28-24-19;/h4,6-8,15H,5,9-14,16H2,1-3H3,(H,22,23);1H. The van der Waals surface area contributed by atoms with E-state index in [0.29, 0.717) is 6.61 Å². The Morgan fingerprint density at radius 2 is 1.90 bits per heavy atom. The Labute approximate surface area is 190 Å². The van der Waals surface area contributed by atoms with Crippen LogP contribution in [0.2, 0.25) is 0 Å². The van der Waals surface area contributed by atoms with Crippen LogP contribution < -0.4 is 10.1 Å². The first-order valence-electron chi connectivity index (χ1n) is 9.93. The van der Waals surface area contributed by atoms with E-state index in [1.807, 2.05) is 13.1 Å². The number of hydrogen-bond acceptors (Lipinski definition) is 5. The Bertz CT molecular complexity index is 738. The fraction of sp³-hybridized carbons (Fsp3) is 0.524. The Balaban J connectivity index is 0.00000300. The largest absolute Gasteiger partial charge is 0.493 e. The molecule has 0 radical (unpaired) electrons. The van der Waals surface area contributed by atoms with E-state index in [2.05, 4.69) is 57.3 Å². The van der Waals surface area contributed by atoms with Crippen LogP contribution in [0.4, 0.5) is 0 Å². The molecular weight excluding hydrogens is 481 g/mol. The van der Waals surface area contributed by atoms with Crippen molar-refractivity contribution in [1.29, 1.82) is 0 Å². The lowest BCUT2D eigenvalue weighted by Crippen LogP contribution is -2.52. The van der Waals surface area contributed by atoms with Gasteiger partial charge in [0.1, 0.15) is 12.0 Å². The zero-order chi connectivity index (χ0) is 19.8. The maximum absolute atomic E-state index is 5.98. The first kappa shape index (κ1) is 23.5. The first-order chi connectivity index (χ1) is 13.7. The third kappa shape index (κ3) is 6.88. The molecule has 1 aromatic heterocycles. The number of nitrogens with one attached hydrogen (secondary N) is 1. The van der Waals surface area contributed by atoms with Gasteiger partial charge in [-0.05, 0) is 31.4 Å². The summed E-state index contributed by atoms with van der Waals surface area (Å²) in [5.41, 5.74) is 3.36. The maximum Gasteiger partial charge on any atom is 0.193 e. The van der Waals surface area contributed by atoms with Crippen molar-refractivity contribution in [2.24, 2.45) is 4.99 Å². The quantitative estimate of drug-likeness (QED) is 0.266. The molecule has 1 aliphatic heterocycles. The highest BCUT2D eigenvalue weighted by atomic mass is 127. The monoisotopic (exact) mass is 513 g/mol. The average Bonchev–Trinajstić information content (AvgIpc) is 3.20. The molecule has 29 heavy (non-hydrogen) atoms. The van der Waals surface area contributed by atoms with Crippen molar-refractivity contribution in [2.45, 2.75) is 26.8 Å². The van der Waals surface area contributed by atoms with Crippen molar-refractivity contribution >= 4 is 29.9 Å². The molecule has 0 bridgehead atoms. The van der Waals surface area contributed by atoms with Gasteiger partial charge in [-0.25, -0.2) is 0 Å². The lowest BCUT2D eigenvalue weighted by atomic mass is 10.1. The minimum absolute atomic E-state index is 0. The van der Waals surface area contributed by atoms with E-state index in [1.165, 1.54) is 11.1 Å². The van der Waals surface area contributed by atoms with E-state index in [-0.39, 0.29) is 24.0 Å². The molecule has 3 rings (SSSR count). The van der Waals surface area contributed by atoms with Gasteiger partial charge in [0.25, 0.3) is 0 Å². The van der Waals surface area contributed by atoms with Crippen molar-refractivity contribution in [3.63, 3.8) is 0 Å². The molecule has 0 aliphatic carbocycles. The molecule has 0 spiro atoms. The van der Waals surface area contributed by atoms with Crippen molar-refractivity contribution < 1.29 is 9.26 Å². The number of ether oxygens (including phenoxy) is 1. The molecule has 1 N–H and O–H groups in total. The number of rotatable bonds is 7. The molecule has 1 aromatic carbocycles. The summed E-state index contributed by atoms with van der Waals surface area (Å²) in [6, 6.07) is 8.16. The number of hydrogen-bond donors (Lipinski definition) is 1. The molecule has 2 heterocycles. The third-order valence-electron chi connectivity index (χ3n) is 5.02. The highest BCUT2D eigenvalue weighted by molar-refractivity contribution is 14.0. The predicted octanol–water partition coefficient (Wildman–Crippen LogP) is 3.07. The van der Waals surface area contributed by atoms with Gasteiger partial charge in [0.05, 0.1) is 12.3 Å². The van der Waals surface area contributed by atoms with Crippen LogP contribution in [0.3, 0.4) is 0 Å². The lowest BCUT2D eigenvalue weighted by molar-refractivity contribution is 0.169. The van der Waals surface area contributed by atoms with E-state index in [4.69, 9.17) is 9.26 Å². The van der Waals surface area contributed by atoms with Crippen LogP contribution >= 0.6 is 24.0 Å². The molecule has 1 saturated heterocycles. The zero-order valence-corrected chi connectivity index (χ0v) is 19.9. The zero-order valence-electron chi connectivity index (χ0n) is 17.6. The smallest absolute Gasteiger partial charge is 0.193 e. The highest BCUT2D eigenvalue weighted by Crippen LogP contribution is 2.22. The van der Waals surface area contributed by atoms with Gasteiger partial charge in [-0.15, -0.1) is 24.0 Å². The molecule has 0 saturated carbocycles. The van der Waals surface area contributed by atoms with Crippen molar-refractivity contribution in [3.8, 4) is 5.75 Å². The number of aromatic nitrogens is 1. The molecule has 2 aromatic rings. The summed E-state index contributed by atoms with van der Waals surface area (Å²) in [5, 5.41) is 7.46. The van der Waals surface area contributed by atoms with Crippen LogP contribution in [-0.2, 0) is 6.54 Å². The van der Waals surface area contributed by atoms with E-state index < -0.39 is 0 Å². The van der Waals surface area contributed by atoms with Crippen LogP contribution in [0, 0.1) is 13.8 Å². The predicted molar refractivity (Wildman–Crippen MR) is 126 cm³/mol. The summed E-state index contributed by atoms with van der Waals surface area (Å²) in [5.74, 6) is 1.98. The summed E-state index contributed by atoms with van der Waals surface area (Å²) in [6.45, 7) is 10.4. The van der Waals surface area contributed by atoms with Gasteiger partial charge in [0, 0.05) is 52.4 Å². The lowest BCUT2D eigenvalue weighted by Gasteiger charge is -2.36. The number of guanidine groups is 1. The van der Waals surface area contributed by atoms with E-state index >= 15 is 0 Å². The number of nitrogens with zero attached hydrogens (tertiary/aromatic N) is 4. The maximum atomic E-state index is 5.98. The summed E-state index contributed by atoms with van der Waals surface area (Å²) < 4.78 is 10.9. The van der Waals surface area contributed by atoms with Crippen LogP contribution in [0.1, 0.15) is 23.2 Å². The summed E-state index contributed by atoms with van der Waals surface area (Å²) in [4.78, 5) is 9.14. The first-order valence-corrected chi connectivity index (χ1v) is 9.93. The second kappa shape index (κ2) is 12.0. The van der Waals surface area contributed by atoms with E-state index in [1.54, 1.807) is 6.26 Å². The molecule has 0 amide bonds. The van der Waals surface area contributed by atoms with Crippen LogP contribution in [-0.4, -0.2) is 67.3 Å². The Kier molecular flexibility index (Phi) is 9.72. The van der Waals surface area contributed by atoms with E-state index in [9.17, 15) is 0 Å². The number of benzene rings is 1. The van der Waals surface area contributed by atoms with Crippen LogP contribution in [0.15, 0.2) is 40.0 Å². The Morgan fingerprint density at radius 3 is 2.52 bits per heavy atom. The van der Waals surface area contributed by atoms with Crippen molar-refractivity contribution in [2.75, 3.05) is 46.4 Å². The number of piperazine rings is 1. The minimum Gasteiger partial charge on any atom is -0.493 e. The molecule has 160 valence electrons. The van der Waals surface area contributed by atoms with Crippen molar-refractivity contribution in [1.82, 2.24) is 20.3 Å². The molecule has 8 heteroatoms. The third-order valence-corrected chi connectivity index (χ3v) is 5.02. The number of halogens is 1. The second-order valence-electron chi connectivity index (χ2n) is 7.15. The number of para-hydroxylation sites is 1. The van der Waals surface area contributed by atoms with Gasteiger partial charge in [0.2, 0.25) is 0 Å². The fourth-order valence-electron chi connectivity index (χ4n) is 3.47. The highest BCUT2D eigenvalue weighted by Gasteiger charge is 2.20. The number of aryl methyl sites for hydroxylation is 2. The number of aliphatic imine (C=N–C) groups is 1.